The molecule has 0 radical (unpaired) electrons. The van der Waals surface area contributed by atoms with Crippen molar-refractivity contribution < 1.29 is 22.7 Å². The van der Waals surface area contributed by atoms with Gasteiger partial charge in [0.05, 0.1) is 12.2 Å². The molecule has 32 heavy (non-hydrogen) atoms. The van der Waals surface area contributed by atoms with Crippen LogP contribution in [-0.4, -0.2) is 39.7 Å². The van der Waals surface area contributed by atoms with Gasteiger partial charge in [-0.1, -0.05) is 42.5 Å². The van der Waals surface area contributed by atoms with Crippen molar-refractivity contribution in [3.05, 3.63) is 83.7 Å². The molecule has 1 fully saturated rings. The Morgan fingerprint density at radius 3 is 2.47 bits per heavy atom. The zero-order valence-electron chi connectivity index (χ0n) is 17.1. The second-order valence-corrected chi connectivity index (χ2v) is 7.93. The first kappa shape index (κ1) is 20.3. The van der Waals surface area contributed by atoms with Gasteiger partial charge in [0, 0.05) is 24.5 Å². The molecular formula is C23H19F3N4O2. The molecule has 1 spiro atoms. The molecule has 0 bridgehead atoms. The number of hydrogen-bond donors (Lipinski definition) is 0. The van der Waals surface area contributed by atoms with E-state index in [-0.39, 0.29) is 24.7 Å². The Labute approximate surface area is 182 Å². The van der Waals surface area contributed by atoms with E-state index in [1.165, 1.54) is 23.4 Å². The zero-order chi connectivity index (χ0) is 22.5. The largest absolute Gasteiger partial charge is 0.433 e. The highest BCUT2D eigenvalue weighted by atomic mass is 19.4. The highest BCUT2D eigenvalue weighted by Gasteiger charge is 2.69. The van der Waals surface area contributed by atoms with Crippen molar-refractivity contribution in [2.75, 3.05) is 11.4 Å². The van der Waals surface area contributed by atoms with E-state index in [9.17, 15) is 18.0 Å². The summed E-state index contributed by atoms with van der Waals surface area (Å²) in [6, 6.07) is 13.4. The topological polar surface area (TPSA) is 58.6 Å². The van der Waals surface area contributed by atoms with Crippen LogP contribution in [-0.2, 0) is 16.9 Å². The summed E-state index contributed by atoms with van der Waals surface area (Å²) < 4.78 is 49.7. The molecule has 0 aliphatic carbocycles. The number of aromatic nitrogens is 2. The highest BCUT2D eigenvalue weighted by molar-refractivity contribution is 5.79. The third-order valence-corrected chi connectivity index (χ3v) is 5.88. The number of alkyl halides is 3. The molecule has 5 rings (SSSR count). The predicted molar refractivity (Wildman–Crippen MR) is 110 cm³/mol. The fourth-order valence-corrected chi connectivity index (χ4v) is 4.73. The number of benzene rings is 2. The molecule has 2 atom stereocenters. The molecule has 3 aromatic rings. The number of anilines is 2. The van der Waals surface area contributed by atoms with E-state index in [1.54, 1.807) is 25.1 Å². The summed E-state index contributed by atoms with van der Waals surface area (Å²) >= 11 is 0. The van der Waals surface area contributed by atoms with Crippen molar-refractivity contribution in [3.63, 3.8) is 0 Å². The maximum atomic E-state index is 14.7. The number of hydrogen-bond acceptors (Lipinski definition) is 5. The quantitative estimate of drug-likeness (QED) is 0.590. The molecule has 2 aromatic carbocycles. The van der Waals surface area contributed by atoms with Gasteiger partial charge in [-0.2, -0.15) is 13.2 Å². The van der Waals surface area contributed by atoms with Gasteiger partial charge in [0.25, 0.3) is 0 Å². The van der Waals surface area contributed by atoms with Crippen molar-refractivity contribution in [2.45, 2.75) is 31.3 Å². The zero-order valence-corrected chi connectivity index (χ0v) is 17.1. The van der Waals surface area contributed by atoms with Crippen LogP contribution in [0.15, 0.2) is 67.0 Å². The van der Waals surface area contributed by atoms with Gasteiger partial charge in [-0.25, -0.2) is 14.8 Å². The summed E-state index contributed by atoms with van der Waals surface area (Å²) in [6.45, 7) is 1.62. The Balaban J connectivity index is 1.66. The lowest BCUT2D eigenvalue weighted by Gasteiger charge is -2.35. The number of amides is 1. The van der Waals surface area contributed by atoms with Crippen LogP contribution in [0.4, 0.5) is 29.6 Å². The van der Waals surface area contributed by atoms with Crippen LogP contribution in [0.3, 0.4) is 0 Å². The molecule has 9 heteroatoms. The highest BCUT2D eigenvalue weighted by Crippen LogP contribution is 2.57. The maximum absolute atomic E-state index is 14.7. The van der Waals surface area contributed by atoms with E-state index in [0.717, 1.165) is 10.5 Å². The van der Waals surface area contributed by atoms with Gasteiger partial charge in [-0.05, 0) is 30.2 Å². The Bertz CT molecular complexity index is 1160. The van der Waals surface area contributed by atoms with E-state index < -0.39 is 23.9 Å². The smallest absolute Gasteiger partial charge is 0.413 e. The second kappa shape index (κ2) is 7.22. The normalized spacial score (nSPS) is 22.4. The fourth-order valence-electron chi connectivity index (χ4n) is 4.73. The minimum atomic E-state index is -4.73. The Kier molecular flexibility index (Phi) is 4.58. The summed E-state index contributed by atoms with van der Waals surface area (Å²) in [6.07, 6.45) is -2.74. The molecule has 1 amide bonds. The average Bonchev–Trinajstić information content (AvgIpc) is 3.24. The molecular weight excluding hydrogens is 421 g/mol. The molecule has 0 N–H and O–H groups in total. The molecule has 2 unspecified atom stereocenters. The summed E-state index contributed by atoms with van der Waals surface area (Å²) in [5.41, 5.74) is 0.0803. The minimum Gasteiger partial charge on any atom is -0.433 e. The number of carbonyl (C=O) groups is 1. The number of nitrogens with zero attached hydrogens (tertiary/aromatic N) is 4. The minimum absolute atomic E-state index is 0.101. The van der Waals surface area contributed by atoms with Crippen molar-refractivity contribution in [3.8, 4) is 0 Å². The van der Waals surface area contributed by atoms with E-state index >= 15 is 0 Å². The monoisotopic (exact) mass is 440 g/mol. The van der Waals surface area contributed by atoms with Crippen LogP contribution < -0.4 is 4.90 Å². The third kappa shape index (κ3) is 3.07. The molecule has 164 valence electrons. The van der Waals surface area contributed by atoms with Gasteiger partial charge in [0.15, 0.2) is 11.6 Å². The molecule has 6 nitrogen and oxygen atoms in total. The van der Waals surface area contributed by atoms with Crippen LogP contribution >= 0.6 is 0 Å². The fraction of sp³-hybridized carbons (Fsp3) is 0.261. The van der Waals surface area contributed by atoms with Crippen LogP contribution in [0.2, 0.25) is 0 Å². The summed E-state index contributed by atoms with van der Waals surface area (Å²) in [4.78, 5) is 23.4. The number of carbonyl (C=O) groups excluding carboxylic acids is 1. The van der Waals surface area contributed by atoms with Gasteiger partial charge in [0.2, 0.25) is 5.95 Å². The number of halogens is 3. The Morgan fingerprint density at radius 1 is 1.06 bits per heavy atom. The summed E-state index contributed by atoms with van der Waals surface area (Å²) in [7, 11) is 0. The predicted octanol–water partition coefficient (Wildman–Crippen LogP) is 4.72. The van der Waals surface area contributed by atoms with Crippen LogP contribution in [0.1, 0.15) is 16.7 Å². The standard InChI is InChI=1S/C23H19F3N4O2/c1-15-7-5-10-17-18(15)22(14-29(21(31)32-22)13-16-8-3-2-4-9-16)19(23(24,25)26)30(17)20-27-11-6-12-28-20/h2-12,19H,13-14H2,1H3. The van der Waals surface area contributed by atoms with E-state index in [1.807, 2.05) is 30.3 Å². The molecule has 3 heterocycles. The Hall–Kier alpha value is -3.62. The number of fused-ring (bicyclic) bond motifs is 2. The molecule has 1 saturated heterocycles. The summed E-state index contributed by atoms with van der Waals surface area (Å²) in [5.74, 6) is -0.101. The maximum Gasteiger partial charge on any atom is 0.413 e. The molecule has 1 aromatic heterocycles. The third-order valence-electron chi connectivity index (χ3n) is 5.88. The van der Waals surface area contributed by atoms with Crippen molar-refractivity contribution in [2.24, 2.45) is 0 Å². The lowest BCUT2D eigenvalue weighted by Crippen LogP contribution is -2.55. The van der Waals surface area contributed by atoms with E-state index in [4.69, 9.17) is 4.74 Å². The van der Waals surface area contributed by atoms with Gasteiger partial charge in [-0.15, -0.1) is 0 Å². The van der Waals surface area contributed by atoms with E-state index in [2.05, 4.69) is 9.97 Å². The first-order valence-corrected chi connectivity index (χ1v) is 10.1. The average molecular weight is 440 g/mol. The molecule has 2 aliphatic heterocycles. The first-order chi connectivity index (χ1) is 15.3. The number of rotatable bonds is 3. The summed E-state index contributed by atoms with van der Waals surface area (Å²) in [5, 5.41) is 0. The lowest BCUT2D eigenvalue weighted by molar-refractivity contribution is -0.183. The van der Waals surface area contributed by atoms with Gasteiger partial charge in [0.1, 0.15) is 0 Å². The SMILES string of the molecule is Cc1cccc2c1C1(CN(Cc3ccccc3)C(=O)O1)C(C(F)(F)F)N2c1ncccn1. The van der Waals surface area contributed by atoms with Crippen molar-refractivity contribution in [1.29, 1.82) is 0 Å². The molecule has 2 aliphatic rings. The van der Waals surface area contributed by atoms with Gasteiger partial charge < -0.3 is 4.74 Å². The Morgan fingerprint density at radius 2 is 1.78 bits per heavy atom. The first-order valence-electron chi connectivity index (χ1n) is 10.1. The van der Waals surface area contributed by atoms with Crippen molar-refractivity contribution in [1.82, 2.24) is 14.9 Å². The van der Waals surface area contributed by atoms with Crippen LogP contribution in [0.5, 0.6) is 0 Å². The van der Waals surface area contributed by atoms with Gasteiger partial charge >= 0.3 is 12.3 Å². The van der Waals surface area contributed by atoms with E-state index in [0.29, 0.717) is 11.1 Å². The second-order valence-electron chi connectivity index (χ2n) is 7.93. The van der Waals surface area contributed by atoms with Gasteiger partial charge in [-0.3, -0.25) is 9.80 Å². The van der Waals surface area contributed by atoms with Crippen LogP contribution in [0.25, 0.3) is 0 Å². The number of ether oxygens (including phenoxy) is 1. The lowest BCUT2D eigenvalue weighted by atomic mass is 9.86. The van der Waals surface area contributed by atoms with Crippen LogP contribution in [0, 0.1) is 6.92 Å². The van der Waals surface area contributed by atoms with Crippen molar-refractivity contribution >= 4 is 17.7 Å². The number of aryl methyl sites for hydroxylation is 1. The molecule has 0 saturated carbocycles.